The summed E-state index contributed by atoms with van der Waals surface area (Å²) in [6.45, 7) is 2.10. The summed E-state index contributed by atoms with van der Waals surface area (Å²) in [6.07, 6.45) is 0.988. The zero-order valence-electron chi connectivity index (χ0n) is 7.36. The number of nitrogen functional groups attached to an aromatic ring is 1. The van der Waals surface area contributed by atoms with Crippen LogP contribution in [0, 0.1) is 0 Å². The summed E-state index contributed by atoms with van der Waals surface area (Å²) in [4.78, 5) is 4.06. The third-order valence-electron chi connectivity index (χ3n) is 1.94. The molecule has 0 amide bonds. The van der Waals surface area contributed by atoms with Gasteiger partial charge in [0.05, 0.1) is 5.52 Å². The molecule has 0 bridgehead atoms. The minimum atomic E-state index is 0.219. The zero-order valence-corrected chi connectivity index (χ0v) is 7.36. The van der Waals surface area contributed by atoms with Crippen LogP contribution >= 0.6 is 0 Å². The number of benzene rings is 1. The van der Waals surface area contributed by atoms with Crippen LogP contribution in [0.2, 0.25) is 0 Å². The van der Waals surface area contributed by atoms with E-state index >= 15 is 0 Å². The van der Waals surface area contributed by atoms with Crippen molar-refractivity contribution in [1.29, 1.82) is 0 Å². The molecule has 0 saturated carbocycles. The van der Waals surface area contributed by atoms with E-state index in [2.05, 4.69) is 22.1 Å². The molecule has 1 aromatic carbocycles. The third-order valence-corrected chi connectivity index (χ3v) is 1.94. The van der Waals surface area contributed by atoms with Crippen LogP contribution in [0.4, 0.5) is 5.95 Å². The number of nitrogens with two attached hydrogens (primary N) is 1. The van der Waals surface area contributed by atoms with Crippen LogP contribution in [-0.2, 0) is 6.42 Å². The van der Waals surface area contributed by atoms with Gasteiger partial charge >= 0.3 is 0 Å². The van der Waals surface area contributed by atoms with Gasteiger partial charge in [-0.25, -0.2) is 4.98 Å². The standard InChI is InChI=1S/C9H10N4/c1-2-6-3-4-7-8(5-6)12-13-9(10)11-7/h3-5H,2H2,1H3,(H2,10,11,13). The van der Waals surface area contributed by atoms with Gasteiger partial charge in [-0.3, -0.25) is 0 Å². The van der Waals surface area contributed by atoms with Crippen LogP contribution in [0.3, 0.4) is 0 Å². The molecular weight excluding hydrogens is 164 g/mol. The second-order valence-electron chi connectivity index (χ2n) is 2.85. The molecule has 1 heterocycles. The van der Waals surface area contributed by atoms with Crippen molar-refractivity contribution < 1.29 is 0 Å². The van der Waals surface area contributed by atoms with E-state index in [4.69, 9.17) is 5.73 Å². The lowest BCUT2D eigenvalue weighted by atomic mass is 10.1. The summed E-state index contributed by atoms with van der Waals surface area (Å²) < 4.78 is 0. The summed E-state index contributed by atoms with van der Waals surface area (Å²) in [5.74, 6) is 0.219. The van der Waals surface area contributed by atoms with E-state index < -0.39 is 0 Å². The predicted molar refractivity (Wildman–Crippen MR) is 51.1 cm³/mol. The maximum Gasteiger partial charge on any atom is 0.240 e. The van der Waals surface area contributed by atoms with E-state index in [1.807, 2.05) is 18.2 Å². The first-order valence-electron chi connectivity index (χ1n) is 4.18. The molecule has 0 atom stereocenters. The number of aryl methyl sites for hydroxylation is 1. The lowest BCUT2D eigenvalue weighted by molar-refractivity contribution is 1.03. The van der Waals surface area contributed by atoms with Gasteiger partial charge in [-0.1, -0.05) is 13.0 Å². The molecule has 4 nitrogen and oxygen atoms in total. The predicted octanol–water partition coefficient (Wildman–Crippen LogP) is 1.17. The maximum atomic E-state index is 5.41. The van der Waals surface area contributed by atoms with Crippen molar-refractivity contribution in [3.63, 3.8) is 0 Å². The van der Waals surface area contributed by atoms with Gasteiger partial charge in [-0.05, 0) is 24.1 Å². The maximum absolute atomic E-state index is 5.41. The van der Waals surface area contributed by atoms with Crippen molar-refractivity contribution in [2.75, 3.05) is 5.73 Å². The molecule has 66 valence electrons. The van der Waals surface area contributed by atoms with Crippen LogP contribution in [0.25, 0.3) is 11.0 Å². The summed E-state index contributed by atoms with van der Waals surface area (Å²) >= 11 is 0. The van der Waals surface area contributed by atoms with Gasteiger partial charge in [-0.15, -0.1) is 10.2 Å². The van der Waals surface area contributed by atoms with Crippen LogP contribution in [0.15, 0.2) is 18.2 Å². The molecular formula is C9H10N4. The van der Waals surface area contributed by atoms with Crippen molar-refractivity contribution in [1.82, 2.24) is 15.2 Å². The molecule has 0 aliphatic heterocycles. The molecule has 2 N–H and O–H groups in total. The Bertz CT molecular complexity index is 439. The van der Waals surface area contributed by atoms with Crippen molar-refractivity contribution in [3.8, 4) is 0 Å². The average Bonchev–Trinajstić information content (AvgIpc) is 2.17. The Labute approximate surface area is 75.8 Å². The van der Waals surface area contributed by atoms with Crippen molar-refractivity contribution in [3.05, 3.63) is 23.8 Å². The van der Waals surface area contributed by atoms with E-state index in [1.54, 1.807) is 0 Å². The molecule has 0 fully saturated rings. The number of hydrogen-bond donors (Lipinski definition) is 1. The van der Waals surface area contributed by atoms with Crippen LogP contribution in [-0.4, -0.2) is 15.2 Å². The molecule has 4 heteroatoms. The topological polar surface area (TPSA) is 64.7 Å². The van der Waals surface area contributed by atoms with Crippen molar-refractivity contribution in [2.24, 2.45) is 0 Å². The first-order valence-corrected chi connectivity index (χ1v) is 4.18. The molecule has 0 radical (unpaired) electrons. The molecule has 1 aromatic heterocycles. The highest BCUT2D eigenvalue weighted by atomic mass is 15.2. The molecule has 13 heavy (non-hydrogen) atoms. The van der Waals surface area contributed by atoms with Gasteiger partial charge in [0.25, 0.3) is 0 Å². The summed E-state index contributed by atoms with van der Waals surface area (Å²) in [6, 6.07) is 5.92. The van der Waals surface area contributed by atoms with E-state index in [0.717, 1.165) is 17.5 Å². The Morgan fingerprint density at radius 1 is 1.23 bits per heavy atom. The highest BCUT2D eigenvalue weighted by molar-refractivity contribution is 5.74. The van der Waals surface area contributed by atoms with Gasteiger partial charge in [0.1, 0.15) is 5.52 Å². The van der Waals surface area contributed by atoms with Gasteiger partial charge in [-0.2, -0.15) is 0 Å². The molecule has 2 aromatic rings. The van der Waals surface area contributed by atoms with Crippen LogP contribution < -0.4 is 5.73 Å². The second-order valence-corrected chi connectivity index (χ2v) is 2.85. The fraction of sp³-hybridized carbons (Fsp3) is 0.222. The lowest BCUT2D eigenvalue weighted by Gasteiger charge is -1.98. The van der Waals surface area contributed by atoms with Gasteiger partial charge in [0, 0.05) is 0 Å². The lowest BCUT2D eigenvalue weighted by Crippen LogP contribution is -1.97. The third kappa shape index (κ3) is 1.42. The highest BCUT2D eigenvalue weighted by Crippen LogP contribution is 2.11. The molecule has 0 aliphatic rings. The monoisotopic (exact) mass is 174 g/mol. The minimum absolute atomic E-state index is 0.219. The highest BCUT2D eigenvalue weighted by Gasteiger charge is 1.98. The summed E-state index contributed by atoms with van der Waals surface area (Å²) in [7, 11) is 0. The Morgan fingerprint density at radius 3 is 2.85 bits per heavy atom. The first kappa shape index (κ1) is 7.91. The van der Waals surface area contributed by atoms with Gasteiger partial charge < -0.3 is 5.73 Å². The molecule has 0 spiro atoms. The Morgan fingerprint density at radius 2 is 2.08 bits per heavy atom. The van der Waals surface area contributed by atoms with E-state index in [1.165, 1.54) is 5.56 Å². The number of anilines is 1. The zero-order chi connectivity index (χ0) is 9.26. The number of rotatable bonds is 1. The SMILES string of the molecule is CCc1ccc2nc(N)nnc2c1. The van der Waals surface area contributed by atoms with Crippen molar-refractivity contribution in [2.45, 2.75) is 13.3 Å². The van der Waals surface area contributed by atoms with E-state index in [9.17, 15) is 0 Å². The van der Waals surface area contributed by atoms with Crippen molar-refractivity contribution >= 4 is 17.0 Å². The average molecular weight is 174 g/mol. The molecule has 0 unspecified atom stereocenters. The van der Waals surface area contributed by atoms with E-state index in [0.29, 0.717) is 0 Å². The fourth-order valence-corrected chi connectivity index (χ4v) is 1.21. The van der Waals surface area contributed by atoms with Gasteiger partial charge in [0.15, 0.2) is 0 Å². The molecule has 2 rings (SSSR count). The summed E-state index contributed by atoms with van der Waals surface area (Å²) in [5, 5.41) is 7.65. The number of aromatic nitrogens is 3. The summed E-state index contributed by atoms with van der Waals surface area (Å²) in [5.41, 5.74) is 8.24. The smallest absolute Gasteiger partial charge is 0.240 e. The molecule has 0 saturated heterocycles. The Kier molecular flexibility index (Phi) is 1.81. The Balaban J connectivity index is 2.66. The number of nitrogens with zero attached hydrogens (tertiary/aromatic N) is 3. The number of hydrogen-bond acceptors (Lipinski definition) is 4. The first-order chi connectivity index (χ1) is 6.29. The van der Waals surface area contributed by atoms with E-state index in [-0.39, 0.29) is 5.95 Å². The molecule has 0 aliphatic carbocycles. The van der Waals surface area contributed by atoms with Crippen LogP contribution in [0.1, 0.15) is 12.5 Å². The normalized spacial score (nSPS) is 10.5. The van der Waals surface area contributed by atoms with Crippen LogP contribution in [0.5, 0.6) is 0 Å². The second kappa shape index (κ2) is 2.97. The van der Waals surface area contributed by atoms with Gasteiger partial charge in [0.2, 0.25) is 5.95 Å². The minimum Gasteiger partial charge on any atom is -0.366 e. The fourth-order valence-electron chi connectivity index (χ4n) is 1.21. The quantitative estimate of drug-likeness (QED) is 0.704. The largest absolute Gasteiger partial charge is 0.366 e. The Hall–Kier alpha value is -1.71. The number of fused-ring (bicyclic) bond motifs is 1.